The molecule has 158 valence electrons. The van der Waals surface area contributed by atoms with Crippen LogP contribution in [0.2, 0.25) is 0 Å². The van der Waals surface area contributed by atoms with E-state index in [1.165, 1.54) is 11.3 Å². The number of nitrogens with one attached hydrogen (secondary N) is 1. The number of benzene rings is 3. The number of carbonyl (C=O) groups is 1. The summed E-state index contributed by atoms with van der Waals surface area (Å²) in [5.74, 6) is -0.383. The van der Waals surface area contributed by atoms with E-state index in [0.29, 0.717) is 16.1 Å². The molecular weight excluding hydrogens is 430 g/mol. The zero-order valence-corrected chi connectivity index (χ0v) is 18.9. The second kappa shape index (κ2) is 8.13. The van der Waals surface area contributed by atoms with E-state index in [9.17, 15) is 13.2 Å². The second-order valence-corrected chi connectivity index (χ2v) is 10.0. The van der Waals surface area contributed by atoms with Crippen LogP contribution < -0.4 is 9.52 Å². The van der Waals surface area contributed by atoms with Gasteiger partial charge in [-0.25, -0.2) is 8.42 Å². The number of rotatable bonds is 4. The fraction of sp³-hybridized carbons (Fsp3) is 0.130. The van der Waals surface area contributed by atoms with E-state index in [2.05, 4.69) is 15.8 Å². The molecule has 4 aromatic rings. The molecule has 0 fully saturated rings. The molecule has 1 N–H and O–H groups in total. The van der Waals surface area contributed by atoms with Crippen LogP contribution in [0.1, 0.15) is 21.5 Å². The maximum Gasteiger partial charge on any atom is 0.279 e. The normalized spacial score (nSPS) is 12.3. The van der Waals surface area contributed by atoms with Crippen molar-refractivity contribution < 1.29 is 13.2 Å². The summed E-state index contributed by atoms with van der Waals surface area (Å²) in [6.45, 7) is 3.92. The standard InChI is InChI=1S/C23H21N3O3S2/c1-15-4-11-19(12-5-15)31(28,29)25-18-9-7-17(8-10-18)22(27)24-23-26(3)20-13-6-16(2)14-21(20)30-23/h4-14,25H,1-3H3. The Balaban J connectivity index is 1.57. The van der Waals surface area contributed by atoms with Crippen molar-refractivity contribution in [2.24, 2.45) is 12.0 Å². The van der Waals surface area contributed by atoms with Gasteiger partial charge in [-0.3, -0.25) is 9.52 Å². The largest absolute Gasteiger partial charge is 0.319 e. The molecule has 0 unspecified atom stereocenters. The average molecular weight is 452 g/mol. The number of aromatic nitrogens is 1. The molecule has 3 aromatic carbocycles. The number of anilines is 1. The van der Waals surface area contributed by atoms with Gasteiger partial charge in [-0.1, -0.05) is 35.1 Å². The minimum absolute atomic E-state index is 0.181. The van der Waals surface area contributed by atoms with E-state index in [4.69, 9.17) is 0 Å². The van der Waals surface area contributed by atoms with Crippen LogP contribution in [-0.2, 0) is 17.1 Å². The van der Waals surface area contributed by atoms with Gasteiger partial charge in [-0.05, 0) is 67.9 Å². The number of aryl methyl sites for hydroxylation is 3. The Labute approximate surface area is 184 Å². The fourth-order valence-corrected chi connectivity index (χ4v) is 5.29. The lowest BCUT2D eigenvalue weighted by atomic mass is 10.2. The SMILES string of the molecule is Cc1ccc(S(=O)(=O)Nc2ccc(C(=O)N=c3sc4cc(C)ccc4n3C)cc2)cc1. The Morgan fingerprint density at radius 3 is 2.26 bits per heavy atom. The first kappa shape index (κ1) is 21.0. The first-order chi connectivity index (χ1) is 14.7. The highest BCUT2D eigenvalue weighted by atomic mass is 32.2. The summed E-state index contributed by atoms with van der Waals surface area (Å²) in [7, 11) is -1.82. The number of hydrogen-bond donors (Lipinski definition) is 1. The van der Waals surface area contributed by atoms with E-state index >= 15 is 0 Å². The highest BCUT2D eigenvalue weighted by molar-refractivity contribution is 7.92. The molecule has 0 aliphatic carbocycles. The highest BCUT2D eigenvalue weighted by Gasteiger charge is 2.14. The first-order valence-corrected chi connectivity index (χ1v) is 11.9. The van der Waals surface area contributed by atoms with Gasteiger partial charge in [0.15, 0.2) is 4.80 Å². The van der Waals surface area contributed by atoms with Gasteiger partial charge in [0.1, 0.15) is 0 Å². The van der Waals surface area contributed by atoms with Crippen molar-refractivity contribution in [1.82, 2.24) is 4.57 Å². The Hall–Kier alpha value is -3.23. The van der Waals surface area contributed by atoms with Crippen molar-refractivity contribution >= 4 is 43.2 Å². The van der Waals surface area contributed by atoms with Gasteiger partial charge in [-0.15, -0.1) is 0 Å². The molecule has 1 aromatic heterocycles. The molecule has 0 saturated carbocycles. The van der Waals surface area contributed by atoms with Crippen molar-refractivity contribution in [2.45, 2.75) is 18.7 Å². The molecular formula is C23H21N3O3S2. The van der Waals surface area contributed by atoms with Gasteiger partial charge in [0.2, 0.25) is 0 Å². The molecule has 8 heteroatoms. The average Bonchev–Trinajstić information content (AvgIpc) is 3.03. The number of sulfonamides is 1. The molecule has 0 radical (unpaired) electrons. The molecule has 0 saturated heterocycles. The van der Waals surface area contributed by atoms with Crippen LogP contribution in [0.4, 0.5) is 5.69 Å². The van der Waals surface area contributed by atoms with Gasteiger partial charge in [0.05, 0.1) is 15.1 Å². The van der Waals surface area contributed by atoms with E-state index in [-0.39, 0.29) is 10.8 Å². The Morgan fingerprint density at radius 1 is 0.935 bits per heavy atom. The Kier molecular flexibility index (Phi) is 5.51. The number of thiazole rings is 1. The van der Waals surface area contributed by atoms with E-state index in [0.717, 1.165) is 21.3 Å². The van der Waals surface area contributed by atoms with E-state index < -0.39 is 10.0 Å². The third-order valence-corrected chi connectivity index (χ3v) is 7.37. The molecule has 0 spiro atoms. The molecule has 31 heavy (non-hydrogen) atoms. The summed E-state index contributed by atoms with van der Waals surface area (Å²) in [4.78, 5) is 17.7. The third-order valence-electron chi connectivity index (χ3n) is 4.88. The number of amides is 1. The number of nitrogens with zero attached hydrogens (tertiary/aromatic N) is 2. The molecule has 0 atom stereocenters. The molecule has 1 heterocycles. The summed E-state index contributed by atoms with van der Waals surface area (Å²) in [6, 6.07) is 19.0. The van der Waals surface area contributed by atoms with Crippen molar-refractivity contribution in [3.05, 3.63) is 88.2 Å². The molecule has 4 rings (SSSR count). The van der Waals surface area contributed by atoms with Crippen LogP contribution in [0, 0.1) is 13.8 Å². The van der Waals surface area contributed by atoms with Crippen molar-refractivity contribution in [2.75, 3.05) is 4.72 Å². The molecule has 6 nitrogen and oxygen atoms in total. The highest BCUT2D eigenvalue weighted by Crippen LogP contribution is 2.19. The predicted octanol–water partition coefficient (Wildman–Crippen LogP) is 4.40. The monoisotopic (exact) mass is 451 g/mol. The number of carbonyl (C=O) groups excluding carboxylic acids is 1. The summed E-state index contributed by atoms with van der Waals surface area (Å²) in [5.41, 5.74) is 3.90. The first-order valence-electron chi connectivity index (χ1n) is 9.58. The summed E-state index contributed by atoms with van der Waals surface area (Å²) >= 11 is 1.45. The Morgan fingerprint density at radius 2 is 1.58 bits per heavy atom. The van der Waals surface area contributed by atoms with Gasteiger partial charge in [-0.2, -0.15) is 4.99 Å². The van der Waals surface area contributed by atoms with Crippen molar-refractivity contribution in [1.29, 1.82) is 0 Å². The summed E-state index contributed by atoms with van der Waals surface area (Å²) in [5, 5.41) is 0. The van der Waals surface area contributed by atoms with Crippen LogP contribution in [0.3, 0.4) is 0 Å². The van der Waals surface area contributed by atoms with E-state index in [1.807, 2.05) is 37.6 Å². The lowest BCUT2D eigenvalue weighted by Crippen LogP contribution is -2.14. The van der Waals surface area contributed by atoms with Gasteiger partial charge < -0.3 is 4.57 Å². The quantitative estimate of drug-likeness (QED) is 0.499. The predicted molar refractivity (Wildman–Crippen MR) is 124 cm³/mol. The lowest BCUT2D eigenvalue weighted by molar-refractivity contribution is 0.0998. The lowest BCUT2D eigenvalue weighted by Gasteiger charge is -2.08. The van der Waals surface area contributed by atoms with Gasteiger partial charge in [0, 0.05) is 18.3 Å². The maximum atomic E-state index is 12.6. The summed E-state index contributed by atoms with van der Waals surface area (Å²) in [6.07, 6.45) is 0. The molecule has 1 amide bonds. The minimum atomic E-state index is -3.70. The van der Waals surface area contributed by atoms with Gasteiger partial charge >= 0.3 is 0 Å². The summed E-state index contributed by atoms with van der Waals surface area (Å²) < 4.78 is 30.5. The van der Waals surface area contributed by atoms with Gasteiger partial charge in [0.25, 0.3) is 15.9 Å². The maximum absolute atomic E-state index is 12.6. The van der Waals surface area contributed by atoms with Crippen LogP contribution >= 0.6 is 11.3 Å². The minimum Gasteiger partial charge on any atom is -0.319 e. The molecule has 0 aliphatic heterocycles. The van der Waals surface area contributed by atoms with Crippen LogP contribution in [-0.4, -0.2) is 18.9 Å². The Bertz CT molecular complexity index is 1450. The van der Waals surface area contributed by atoms with Crippen LogP contribution in [0.5, 0.6) is 0 Å². The van der Waals surface area contributed by atoms with Crippen LogP contribution in [0.15, 0.2) is 76.6 Å². The second-order valence-electron chi connectivity index (χ2n) is 7.33. The third kappa shape index (κ3) is 4.45. The number of fused-ring (bicyclic) bond motifs is 1. The molecule has 0 aliphatic rings. The van der Waals surface area contributed by atoms with Crippen LogP contribution in [0.25, 0.3) is 10.2 Å². The zero-order valence-electron chi connectivity index (χ0n) is 17.3. The van der Waals surface area contributed by atoms with E-state index in [1.54, 1.807) is 48.5 Å². The topological polar surface area (TPSA) is 80.5 Å². The molecule has 0 bridgehead atoms. The number of hydrogen-bond acceptors (Lipinski definition) is 4. The van der Waals surface area contributed by atoms with Crippen molar-refractivity contribution in [3.8, 4) is 0 Å². The zero-order chi connectivity index (χ0) is 22.2. The fourth-order valence-electron chi connectivity index (χ4n) is 3.11. The smallest absolute Gasteiger partial charge is 0.279 e. The van der Waals surface area contributed by atoms with Crippen molar-refractivity contribution in [3.63, 3.8) is 0 Å².